The largest absolute Gasteiger partial charge is 0.434 e. The van der Waals surface area contributed by atoms with Gasteiger partial charge >= 0.3 is 6.61 Å². The maximum absolute atomic E-state index is 13.9. The van der Waals surface area contributed by atoms with Crippen molar-refractivity contribution in [2.24, 2.45) is 0 Å². The van der Waals surface area contributed by atoms with Crippen molar-refractivity contribution in [1.82, 2.24) is 5.32 Å². The summed E-state index contributed by atoms with van der Waals surface area (Å²) >= 11 is 0. The minimum Gasteiger partial charge on any atom is -0.434 e. The Kier molecular flexibility index (Phi) is 4.80. The first-order valence-corrected chi connectivity index (χ1v) is 6.19. The van der Waals surface area contributed by atoms with Gasteiger partial charge in [0.15, 0.2) is 0 Å². The normalized spacial score (nSPS) is 12.5. The first-order valence-electron chi connectivity index (χ1n) is 6.19. The molecular formula is C15H13F4NO. The molecule has 0 aliphatic carbocycles. The van der Waals surface area contributed by atoms with Crippen LogP contribution in [0.5, 0.6) is 5.75 Å². The zero-order chi connectivity index (χ0) is 15.4. The molecule has 1 N–H and O–H groups in total. The second-order valence-corrected chi connectivity index (χ2v) is 4.30. The molecule has 0 saturated heterocycles. The van der Waals surface area contributed by atoms with Gasteiger partial charge in [-0.05, 0) is 31.3 Å². The van der Waals surface area contributed by atoms with Gasteiger partial charge in [-0.3, -0.25) is 0 Å². The monoisotopic (exact) mass is 299 g/mol. The van der Waals surface area contributed by atoms with Crippen LogP contribution in [-0.4, -0.2) is 13.7 Å². The Morgan fingerprint density at radius 1 is 1.00 bits per heavy atom. The van der Waals surface area contributed by atoms with Crippen LogP contribution in [0.3, 0.4) is 0 Å². The van der Waals surface area contributed by atoms with Crippen LogP contribution in [0, 0.1) is 11.6 Å². The molecular weight excluding hydrogens is 286 g/mol. The lowest BCUT2D eigenvalue weighted by atomic mass is 9.97. The van der Waals surface area contributed by atoms with E-state index in [1.807, 2.05) is 0 Å². The molecule has 0 radical (unpaired) electrons. The van der Waals surface area contributed by atoms with Crippen molar-refractivity contribution in [3.8, 4) is 5.75 Å². The third-order valence-electron chi connectivity index (χ3n) is 3.00. The summed E-state index contributed by atoms with van der Waals surface area (Å²) in [6.45, 7) is -3.00. The van der Waals surface area contributed by atoms with E-state index < -0.39 is 24.3 Å². The van der Waals surface area contributed by atoms with Gasteiger partial charge in [-0.15, -0.1) is 0 Å². The average molecular weight is 299 g/mol. The number of alkyl halides is 2. The molecule has 0 fully saturated rings. The molecule has 21 heavy (non-hydrogen) atoms. The summed E-state index contributed by atoms with van der Waals surface area (Å²) in [5, 5.41) is 2.78. The first-order chi connectivity index (χ1) is 10.0. The van der Waals surface area contributed by atoms with Crippen molar-refractivity contribution < 1.29 is 22.3 Å². The molecule has 2 aromatic rings. The molecule has 0 saturated carbocycles. The Hall–Kier alpha value is -2.08. The lowest BCUT2D eigenvalue weighted by molar-refractivity contribution is -0.0506. The van der Waals surface area contributed by atoms with E-state index in [9.17, 15) is 17.6 Å². The number of rotatable bonds is 5. The van der Waals surface area contributed by atoms with E-state index >= 15 is 0 Å². The van der Waals surface area contributed by atoms with Gasteiger partial charge in [0.05, 0.1) is 6.04 Å². The second kappa shape index (κ2) is 6.58. The number of benzene rings is 2. The van der Waals surface area contributed by atoms with Crippen LogP contribution in [0.1, 0.15) is 17.2 Å². The van der Waals surface area contributed by atoms with Crippen LogP contribution < -0.4 is 10.1 Å². The van der Waals surface area contributed by atoms with Gasteiger partial charge in [0.1, 0.15) is 17.4 Å². The maximum atomic E-state index is 13.9. The summed E-state index contributed by atoms with van der Waals surface area (Å²) in [5.74, 6) is -1.34. The minimum atomic E-state index is -3.00. The van der Waals surface area contributed by atoms with E-state index in [1.54, 1.807) is 6.07 Å². The Morgan fingerprint density at radius 3 is 2.38 bits per heavy atom. The number of ether oxygens (including phenoxy) is 1. The lowest BCUT2D eigenvalue weighted by Crippen LogP contribution is -2.20. The summed E-state index contributed by atoms with van der Waals surface area (Å²) in [6, 6.07) is 8.20. The Balaban J connectivity index is 2.49. The molecule has 2 rings (SSSR count). The number of para-hydroxylation sites is 1. The van der Waals surface area contributed by atoms with Crippen molar-refractivity contribution in [2.45, 2.75) is 12.7 Å². The SMILES string of the molecule is CNC(c1cc(F)ccc1F)c1ccccc1OC(F)F. The highest BCUT2D eigenvalue weighted by atomic mass is 19.3. The third-order valence-corrected chi connectivity index (χ3v) is 3.00. The van der Waals surface area contributed by atoms with Gasteiger partial charge < -0.3 is 10.1 Å². The number of hydrogen-bond donors (Lipinski definition) is 1. The van der Waals surface area contributed by atoms with Gasteiger partial charge in [-0.1, -0.05) is 18.2 Å². The predicted octanol–water partition coefficient (Wildman–Crippen LogP) is 3.88. The van der Waals surface area contributed by atoms with Crippen LogP contribution in [0.2, 0.25) is 0 Å². The van der Waals surface area contributed by atoms with Crippen molar-refractivity contribution in [1.29, 1.82) is 0 Å². The highest BCUT2D eigenvalue weighted by Gasteiger charge is 2.21. The third kappa shape index (κ3) is 3.52. The van der Waals surface area contributed by atoms with Crippen LogP contribution in [0.4, 0.5) is 17.6 Å². The molecule has 2 nitrogen and oxygen atoms in total. The topological polar surface area (TPSA) is 21.3 Å². The van der Waals surface area contributed by atoms with E-state index in [0.29, 0.717) is 5.56 Å². The Labute approximate surface area is 119 Å². The summed E-state index contributed by atoms with van der Waals surface area (Å²) < 4.78 is 56.5. The summed E-state index contributed by atoms with van der Waals surface area (Å²) in [4.78, 5) is 0. The molecule has 0 amide bonds. The van der Waals surface area contributed by atoms with Crippen LogP contribution >= 0.6 is 0 Å². The van der Waals surface area contributed by atoms with Gasteiger partial charge in [0.2, 0.25) is 0 Å². The van der Waals surface area contributed by atoms with Gasteiger partial charge in [0, 0.05) is 11.1 Å². The molecule has 1 unspecified atom stereocenters. The van der Waals surface area contributed by atoms with Crippen LogP contribution in [-0.2, 0) is 0 Å². The molecule has 2 aromatic carbocycles. The van der Waals surface area contributed by atoms with E-state index in [2.05, 4.69) is 10.1 Å². The Bertz CT molecular complexity index is 618. The molecule has 0 aromatic heterocycles. The molecule has 112 valence electrons. The van der Waals surface area contributed by atoms with Crippen molar-refractivity contribution in [2.75, 3.05) is 7.05 Å². The maximum Gasteiger partial charge on any atom is 0.387 e. The number of halogens is 4. The highest BCUT2D eigenvalue weighted by Crippen LogP contribution is 2.32. The summed E-state index contributed by atoms with van der Waals surface area (Å²) in [6.07, 6.45) is 0. The number of nitrogens with one attached hydrogen (secondary N) is 1. The molecule has 0 aliphatic rings. The first kappa shape index (κ1) is 15.3. The van der Waals surface area contributed by atoms with Crippen LogP contribution in [0.25, 0.3) is 0 Å². The molecule has 6 heteroatoms. The summed E-state index contributed by atoms with van der Waals surface area (Å²) in [5.41, 5.74) is 0.313. The fourth-order valence-electron chi connectivity index (χ4n) is 2.14. The van der Waals surface area contributed by atoms with E-state index in [4.69, 9.17) is 0 Å². The average Bonchev–Trinajstić information content (AvgIpc) is 2.44. The van der Waals surface area contributed by atoms with Crippen molar-refractivity contribution in [3.05, 3.63) is 65.2 Å². The zero-order valence-corrected chi connectivity index (χ0v) is 11.1. The quantitative estimate of drug-likeness (QED) is 0.846. The fraction of sp³-hybridized carbons (Fsp3) is 0.200. The van der Waals surface area contributed by atoms with Gasteiger partial charge in [-0.2, -0.15) is 8.78 Å². The van der Waals surface area contributed by atoms with Crippen molar-refractivity contribution in [3.63, 3.8) is 0 Å². The van der Waals surface area contributed by atoms with E-state index in [-0.39, 0.29) is 11.3 Å². The minimum absolute atomic E-state index is 0.0165. The molecule has 0 bridgehead atoms. The number of hydrogen-bond acceptors (Lipinski definition) is 2. The standard InChI is InChI=1S/C15H13F4NO/c1-20-14(11-8-9(16)6-7-12(11)17)10-4-2-3-5-13(10)21-15(18)19/h2-8,14-15,20H,1H3. The molecule has 0 spiro atoms. The molecule has 0 aliphatic heterocycles. The van der Waals surface area contributed by atoms with Crippen LogP contribution in [0.15, 0.2) is 42.5 Å². The lowest BCUT2D eigenvalue weighted by Gasteiger charge is -2.21. The predicted molar refractivity (Wildman–Crippen MR) is 70.3 cm³/mol. The molecule has 1 atom stereocenters. The van der Waals surface area contributed by atoms with Gasteiger partial charge in [0.25, 0.3) is 0 Å². The van der Waals surface area contributed by atoms with E-state index in [0.717, 1.165) is 18.2 Å². The molecule has 0 heterocycles. The zero-order valence-electron chi connectivity index (χ0n) is 11.1. The van der Waals surface area contributed by atoms with E-state index in [1.165, 1.54) is 25.2 Å². The second-order valence-electron chi connectivity index (χ2n) is 4.30. The fourth-order valence-corrected chi connectivity index (χ4v) is 2.14. The van der Waals surface area contributed by atoms with Crippen molar-refractivity contribution >= 4 is 0 Å². The van der Waals surface area contributed by atoms with Gasteiger partial charge in [-0.25, -0.2) is 8.78 Å². The smallest absolute Gasteiger partial charge is 0.387 e. The summed E-state index contributed by atoms with van der Waals surface area (Å²) in [7, 11) is 1.52. The highest BCUT2D eigenvalue weighted by molar-refractivity contribution is 5.42. The Morgan fingerprint density at radius 2 is 1.71 bits per heavy atom.